The van der Waals surface area contributed by atoms with Crippen molar-refractivity contribution >= 4 is 17.3 Å². The molecule has 0 atom stereocenters. The number of pyridine rings is 1. The maximum atomic E-state index is 12.6. The van der Waals surface area contributed by atoms with Crippen molar-refractivity contribution < 1.29 is 19.0 Å². The van der Waals surface area contributed by atoms with Crippen molar-refractivity contribution in [1.29, 1.82) is 0 Å². The van der Waals surface area contributed by atoms with Gasteiger partial charge in [-0.25, -0.2) is 4.98 Å². The Morgan fingerprint density at radius 2 is 1.64 bits per heavy atom. The maximum Gasteiger partial charge on any atom is 0.274 e. The van der Waals surface area contributed by atoms with E-state index in [0.717, 1.165) is 5.69 Å². The molecule has 3 rings (SSSR count). The topological polar surface area (TPSA) is 81.7 Å². The Morgan fingerprint density at radius 1 is 0.964 bits per heavy atom. The van der Waals surface area contributed by atoms with E-state index in [1.807, 2.05) is 6.07 Å². The maximum absolute atomic E-state index is 12.6. The van der Waals surface area contributed by atoms with Crippen molar-refractivity contribution in [2.24, 2.45) is 0 Å². The highest BCUT2D eigenvalue weighted by Gasteiger charge is 2.16. The zero-order valence-electron chi connectivity index (χ0n) is 16.6. The molecule has 1 aromatic carbocycles. The van der Waals surface area contributed by atoms with Gasteiger partial charge in [0.1, 0.15) is 5.69 Å². The van der Waals surface area contributed by atoms with Gasteiger partial charge >= 0.3 is 0 Å². The highest BCUT2D eigenvalue weighted by molar-refractivity contribution is 6.03. The average Bonchev–Trinajstić information content (AvgIpc) is 2.74. The van der Waals surface area contributed by atoms with E-state index < -0.39 is 0 Å². The Labute approximate surface area is 165 Å². The number of hydrogen-bond donors (Lipinski definition) is 2. The van der Waals surface area contributed by atoms with E-state index in [1.54, 1.807) is 24.4 Å². The summed E-state index contributed by atoms with van der Waals surface area (Å²) in [7, 11) is 4.59. The molecule has 1 aliphatic carbocycles. The van der Waals surface area contributed by atoms with Gasteiger partial charge < -0.3 is 24.8 Å². The molecule has 1 saturated carbocycles. The second-order valence-electron chi connectivity index (χ2n) is 6.78. The molecule has 0 saturated heterocycles. The fraction of sp³-hybridized carbons (Fsp3) is 0.429. The lowest BCUT2D eigenvalue weighted by atomic mass is 9.95. The number of nitrogens with one attached hydrogen (secondary N) is 2. The third-order valence-corrected chi connectivity index (χ3v) is 4.89. The molecule has 7 nitrogen and oxygen atoms in total. The van der Waals surface area contributed by atoms with E-state index in [4.69, 9.17) is 14.2 Å². The fourth-order valence-corrected chi connectivity index (χ4v) is 3.44. The van der Waals surface area contributed by atoms with Crippen LogP contribution < -0.4 is 24.8 Å². The number of carbonyl (C=O) groups is 1. The summed E-state index contributed by atoms with van der Waals surface area (Å²) in [4.78, 5) is 16.9. The number of ether oxygens (including phenoxy) is 3. The molecule has 1 heterocycles. The summed E-state index contributed by atoms with van der Waals surface area (Å²) in [5, 5.41) is 6.32. The van der Waals surface area contributed by atoms with Crippen LogP contribution >= 0.6 is 0 Å². The van der Waals surface area contributed by atoms with E-state index in [-0.39, 0.29) is 5.91 Å². The van der Waals surface area contributed by atoms with E-state index in [2.05, 4.69) is 15.6 Å². The number of hydrogen-bond acceptors (Lipinski definition) is 6. The van der Waals surface area contributed by atoms with Crippen molar-refractivity contribution in [1.82, 2.24) is 4.98 Å². The number of aromatic nitrogens is 1. The van der Waals surface area contributed by atoms with Crippen LogP contribution in [0.2, 0.25) is 0 Å². The molecule has 1 fully saturated rings. The van der Waals surface area contributed by atoms with Crippen molar-refractivity contribution in [3.63, 3.8) is 0 Å². The Hall–Kier alpha value is -2.96. The van der Waals surface area contributed by atoms with Crippen LogP contribution in [0.5, 0.6) is 17.2 Å². The summed E-state index contributed by atoms with van der Waals surface area (Å²) >= 11 is 0. The lowest BCUT2D eigenvalue weighted by molar-refractivity contribution is 0.102. The molecule has 150 valence electrons. The van der Waals surface area contributed by atoms with E-state index in [9.17, 15) is 4.79 Å². The molecule has 7 heteroatoms. The van der Waals surface area contributed by atoms with E-state index in [0.29, 0.717) is 34.7 Å². The number of nitrogens with zero attached hydrogens (tertiary/aromatic N) is 1. The number of rotatable bonds is 7. The highest BCUT2D eigenvalue weighted by Crippen LogP contribution is 2.40. The lowest BCUT2D eigenvalue weighted by Gasteiger charge is -2.23. The molecule has 2 N–H and O–H groups in total. The van der Waals surface area contributed by atoms with Crippen LogP contribution in [0.1, 0.15) is 42.6 Å². The van der Waals surface area contributed by atoms with Crippen LogP contribution in [0.4, 0.5) is 11.4 Å². The summed E-state index contributed by atoms with van der Waals surface area (Å²) in [6.07, 6.45) is 7.92. The zero-order chi connectivity index (χ0) is 19.9. The van der Waals surface area contributed by atoms with Gasteiger partial charge in [-0.15, -0.1) is 0 Å². The largest absolute Gasteiger partial charge is 0.493 e. The van der Waals surface area contributed by atoms with Gasteiger partial charge in [-0.3, -0.25) is 4.79 Å². The molecule has 0 aliphatic heterocycles. The first-order valence-electron chi connectivity index (χ1n) is 9.48. The van der Waals surface area contributed by atoms with Gasteiger partial charge in [-0.05, 0) is 25.0 Å². The fourth-order valence-electron chi connectivity index (χ4n) is 3.44. The summed E-state index contributed by atoms with van der Waals surface area (Å²) in [5.41, 5.74) is 1.81. The molecular weight excluding hydrogens is 358 g/mol. The number of methoxy groups -OCH3 is 3. The molecule has 1 amide bonds. The normalized spacial score (nSPS) is 14.2. The number of benzene rings is 1. The Morgan fingerprint density at radius 3 is 2.18 bits per heavy atom. The minimum absolute atomic E-state index is 0.307. The van der Waals surface area contributed by atoms with Gasteiger partial charge in [0.2, 0.25) is 5.75 Å². The smallest absolute Gasteiger partial charge is 0.274 e. The van der Waals surface area contributed by atoms with Crippen molar-refractivity contribution in [3.8, 4) is 17.2 Å². The van der Waals surface area contributed by atoms with Crippen LogP contribution in [0.25, 0.3) is 0 Å². The second-order valence-corrected chi connectivity index (χ2v) is 6.78. The molecule has 0 radical (unpaired) electrons. The van der Waals surface area contributed by atoms with Crippen LogP contribution in [-0.2, 0) is 0 Å². The average molecular weight is 385 g/mol. The Bertz CT molecular complexity index is 777. The first kappa shape index (κ1) is 19.8. The van der Waals surface area contributed by atoms with E-state index in [1.165, 1.54) is 53.4 Å². The monoisotopic (exact) mass is 385 g/mol. The molecule has 1 aromatic heterocycles. The number of anilines is 2. The molecule has 0 bridgehead atoms. The summed E-state index contributed by atoms with van der Waals surface area (Å²) in [6.45, 7) is 0. The van der Waals surface area contributed by atoms with Crippen LogP contribution in [0.3, 0.4) is 0 Å². The number of amides is 1. The molecule has 0 spiro atoms. The van der Waals surface area contributed by atoms with Crippen molar-refractivity contribution in [3.05, 3.63) is 36.2 Å². The molecule has 1 aliphatic rings. The first-order chi connectivity index (χ1) is 13.6. The summed E-state index contributed by atoms with van der Waals surface area (Å²) in [5.74, 6) is 1.10. The van der Waals surface area contributed by atoms with Crippen molar-refractivity contribution in [2.75, 3.05) is 32.0 Å². The Kier molecular flexibility index (Phi) is 6.57. The summed E-state index contributed by atoms with van der Waals surface area (Å²) in [6, 6.07) is 7.47. The number of carbonyl (C=O) groups excluding carboxylic acids is 1. The van der Waals surface area contributed by atoms with Crippen molar-refractivity contribution in [2.45, 2.75) is 38.1 Å². The van der Waals surface area contributed by atoms with Gasteiger partial charge in [-0.2, -0.15) is 0 Å². The van der Waals surface area contributed by atoms with Gasteiger partial charge in [0.05, 0.1) is 33.2 Å². The second kappa shape index (κ2) is 9.30. The van der Waals surface area contributed by atoms with Gasteiger partial charge in [0.25, 0.3) is 5.91 Å². The highest BCUT2D eigenvalue weighted by atomic mass is 16.5. The summed E-state index contributed by atoms with van der Waals surface area (Å²) < 4.78 is 15.9. The van der Waals surface area contributed by atoms with E-state index >= 15 is 0 Å². The van der Waals surface area contributed by atoms with Gasteiger partial charge in [0, 0.05) is 23.9 Å². The minimum Gasteiger partial charge on any atom is -0.493 e. The third-order valence-electron chi connectivity index (χ3n) is 4.89. The predicted molar refractivity (Wildman–Crippen MR) is 109 cm³/mol. The van der Waals surface area contributed by atoms with Gasteiger partial charge in [0.15, 0.2) is 11.5 Å². The minimum atomic E-state index is -0.307. The van der Waals surface area contributed by atoms with Crippen LogP contribution in [-0.4, -0.2) is 38.3 Å². The zero-order valence-corrected chi connectivity index (χ0v) is 16.6. The first-order valence-corrected chi connectivity index (χ1v) is 9.48. The molecule has 2 aromatic rings. The predicted octanol–water partition coefficient (Wildman–Crippen LogP) is 4.10. The lowest BCUT2D eigenvalue weighted by Crippen LogP contribution is -2.22. The third kappa shape index (κ3) is 4.65. The molecule has 28 heavy (non-hydrogen) atoms. The molecular formula is C21H27N3O4. The Balaban J connectivity index is 1.69. The molecule has 0 unspecified atom stereocenters. The quantitative estimate of drug-likeness (QED) is 0.747. The van der Waals surface area contributed by atoms with Crippen LogP contribution in [0.15, 0.2) is 30.5 Å². The standard InChI is InChI=1S/C21H27N3O4/c1-26-18-11-16(12-19(27-2)20(18)28-3)24-21(25)17-10-9-15(13-22-17)23-14-7-5-4-6-8-14/h9-14,23H,4-8H2,1-3H3,(H,24,25). The SMILES string of the molecule is COc1cc(NC(=O)c2ccc(NC3CCCCC3)cn2)cc(OC)c1OC. The van der Waals surface area contributed by atoms with Crippen LogP contribution in [0, 0.1) is 0 Å². The van der Waals surface area contributed by atoms with Gasteiger partial charge in [-0.1, -0.05) is 19.3 Å².